The average molecular weight is 414 g/mol. The number of aromatic nitrogens is 2. The van der Waals surface area contributed by atoms with Crippen molar-refractivity contribution in [3.63, 3.8) is 0 Å². The molecule has 4 rings (SSSR count). The smallest absolute Gasteiger partial charge is 0.235 e. The summed E-state index contributed by atoms with van der Waals surface area (Å²) in [5, 5.41) is 8.36. The number of rotatable bonds is 4. The fourth-order valence-corrected chi connectivity index (χ4v) is 4.72. The van der Waals surface area contributed by atoms with Gasteiger partial charge in [0.1, 0.15) is 11.6 Å². The molecule has 0 unspecified atom stereocenters. The molecule has 1 N–H and O–H groups in total. The van der Waals surface area contributed by atoms with E-state index in [1.54, 1.807) is 16.4 Å². The van der Waals surface area contributed by atoms with Gasteiger partial charge in [0.15, 0.2) is 0 Å². The van der Waals surface area contributed by atoms with Gasteiger partial charge >= 0.3 is 0 Å². The molecule has 2 heterocycles. The van der Waals surface area contributed by atoms with Gasteiger partial charge in [-0.05, 0) is 44.2 Å². The summed E-state index contributed by atoms with van der Waals surface area (Å²) in [4.78, 5) is 12.5. The van der Waals surface area contributed by atoms with Gasteiger partial charge in [-0.2, -0.15) is 5.10 Å². The normalized spacial score (nSPS) is 16.2. The lowest BCUT2D eigenvalue weighted by molar-refractivity contribution is -0.113. The summed E-state index contributed by atoms with van der Waals surface area (Å²) in [6, 6.07) is 15.4. The van der Waals surface area contributed by atoms with Crippen LogP contribution in [-0.4, -0.2) is 28.0 Å². The first-order valence-corrected chi connectivity index (χ1v) is 10.5. The maximum Gasteiger partial charge on any atom is 0.235 e. The van der Waals surface area contributed by atoms with E-state index < -0.39 is 0 Å². The lowest BCUT2D eigenvalue weighted by atomic mass is 10.0. The third-order valence-corrected chi connectivity index (χ3v) is 6.08. The van der Waals surface area contributed by atoms with Crippen LogP contribution in [0.15, 0.2) is 48.5 Å². The van der Waals surface area contributed by atoms with Gasteiger partial charge in [0.05, 0.1) is 29.0 Å². The summed E-state index contributed by atoms with van der Waals surface area (Å²) in [5.74, 6) is 1.85. The Kier molecular flexibility index (Phi) is 5.33. The molecule has 3 aromatic rings. The van der Waals surface area contributed by atoms with Crippen LogP contribution < -0.4 is 10.1 Å². The molecule has 7 heteroatoms. The van der Waals surface area contributed by atoms with Gasteiger partial charge in [-0.15, -0.1) is 11.8 Å². The molecule has 0 aliphatic carbocycles. The third-order valence-electron chi connectivity index (χ3n) is 4.58. The van der Waals surface area contributed by atoms with Gasteiger partial charge in [0.25, 0.3) is 0 Å². The van der Waals surface area contributed by atoms with E-state index in [0.717, 1.165) is 28.3 Å². The van der Waals surface area contributed by atoms with E-state index in [0.29, 0.717) is 23.2 Å². The number of benzene rings is 2. The van der Waals surface area contributed by atoms with E-state index in [4.69, 9.17) is 21.4 Å². The molecule has 1 aliphatic heterocycles. The molecular formula is C21H20ClN3O2S. The summed E-state index contributed by atoms with van der Waals surface area (Å²) >= 11 is 7.62. The first-order chi connectivity index (χ1) is 13.6. The van der Waals surface area contributed by atoms with Crippen molar-refractivity contribution in [1.29, 1.82) is 0 Å². The van der Waals surface area contributed by atoms with E-state index in [1.807, 2.05) is 56.3 Å². The molecule has 1 amide bonds. The maximum atomic E-state index is 12.5. The van der Waals surface area contributed by atoms with Gasteiger partial charge < -0.3 is 10.1 Å². The predicted molar refractivity (Wildman–Crippen MR) is 114 cm³/mol. The number of anilines is 1. The topological polar surface area (TPSA) is 56.1 Å². The Morgan fingerprint density at radius 2 is 2.00 bits per heavy atom. The van der Waals surface area contributed by atoms with Crippen LogP contribution in [0.5, 0.6) is 5.75 Å². The molecule has 1 aromatic heterocycles. The van der Waals surface area contributed by atoms with Crippen molar-refractivity contribution in [3.05, 3.63) is 70.4 Å². The van der Waals surface area contributed by atoms with Crippen LogP contribution in [-0.2, 0) is 4.79 Å². The van der Waals surface area contributed by atoms with Gasteiger partial charge in [0.2, 0.25) is 5.91 Å². The maximum absolute atomic E-state index is 12.5. The summed E-state index contributed by atoms with van der Waals surface area (Å²) in [5.41, 5.74) is 3.76. The number of halogens is 1. The second-order valence-electron chi connectivity index (χ2n) is 6.45. The third kappa shape index (κ3) is 3.50. The van der Waals surface area contributed by atoms with Crippen LogP contribution in [0.2, 0.25) is 5.02 Å². The van der Waals surface area contributed by atoms with Crippen LogP contribution in [0.3, 0.4) is 0 Å². The zero-order chi connectivity index (χ0) is 19.7. The van der Waals surface area contributed by atoms with E-state index >= 15 is 0 Å². The quantitative estimate of drug-likeness (QED) is 0.653. The molecule has 1 aliphatic rings. The first kappa shape index (κ1) is 18.9. The molecule has 2 aromatic carbocycles. The predicted octanol–water partition coefficient (Wildman–Crippen LogP) is 5.01. The Balaban J connectivity index is 1.88. The van der Waals surface area contributed by atoms with Gasteiger partial charge in [-0.3, -0.25) is 4.79 Å². The van der Waals surface area contributed by atoms with Crippen molar-refractivity contribution in [2.75, 3.05) is 17.7 Å². The molecule has 0 radical (unpaired) electrons. The van der Waals surface area contributed by atoms with Crippen molar-refractivity contribution in [2.45, 2.75) is 19.1 Å². The van der Waals surface area contributed by atoms with E-state index in [2.05, 4.69) is 11.4 Å². The number of nitrogens with one attached hydrogen (secondary N) is 1. The number of aryl methyl sites for hydroxylation is 1. The molecule has 144 valence electrons. The van der Waals surface area contributed by atoms with Crippen LogP contribution >= 0.6 is 23.4 Å². The number of thioether (sulfide) groups is 1. The van der Waals surface area contributed by atoms with E-state index in [-0.39, 0.29) is 11.2 Å². The molecular weight excluding hydrogens is 394 g/mol. The van der Waals surface area contributed by atoms with Crippen molar-refractivity contribution < 1.29 is 9.53 Å². The minimum Gasteiger partial charge on any atom is -0.494 e. The highest BCUT2D eigenvalue weighted by Crippen LogP contribution is 2.46. The number of nitrogens with zero attached hydrogens (tertiary/aromatic N) is 2. The number of para-hydroxylation sites is 1. The molecule has 0 spiro atoms. The van der Waals surface area contributed by atoms with Gasteiger partial charge in [-0.1, -0.05) is 29.8 Å². The molecule has 0 fully saturated rings. The number of carbonyl (C=O) groups is 1. The minimum atomic E-state index is -0.0576. The number of hydrogen-bond acceptors (Lipinski definition) is 4. The van der Waals surface area contributed by atoms with Crippen molar-refractivity contribution in [1.82, 2.24) is 9.78 Å². The standard InChI is InChI=1S/C21H20ClN3O2S/c1-3-27-17-7-5-4-6-16(17)20-19-13(2)24-25(15-10-8-14(22)9-11-15)21(19)23-18(26)12-28-20/h4-11,20H,3,12H2,1-2H3,(H,23,26)/t20-/m1/s1. The number of amides is 1. The van der Waals surface area contributed by atoms with Gasteiger partial charge in [0, 0.05) is 16.1 Å². The number of carbonyl (C=O) groups excluding carboxylic acids is 1. The Labute approximate surface area is 173 Å². The Morgan fingerprint density at radius 3 is 2.75 bits per heavy atom. The zero-order valence-electron chi connectivity index (χ0n) is 15.6. The van der Waals surface area contributed by atoms with E-state index in [9.17, 15) is 4.79 Å². The SMILES string of the molecule is CCOc1ccccc1[C@H]1SCC(=O)Nc2c1c(C)nn2-c1ccc(Cl)cc1. The first-order valence-electron chi connectivity index (χ1n) is 9.07. The second kappa shape index (κ2) is 7.89. The van der Waals surface area contributed by atoms with Crippen LogP contribution in [0, 0.1) is 6.92 Å². The van der Waals surface area contributed by atoms with Crippen LogP contribution in [0.25, 0.3) is 5.69 Å². The largest absolute Gasteiger partial charge is 0.494 e. The number of fused-ring (bicyclic) bond motifs is 1. The lowest BCUT2D eigenvalue weighted by Gasteiger charge is -2.19. The zero-order valence-corrected chi connectivity index (χ0v) is 17.2. The fraction of sp³-hybridized carbons (Fsp3) is 0.238. The van der Waals surface area contributed by atoms with E-state index in [1.165, 1.54) is 0 Å². The Morgan fingerprint density at radius 1 is 1.25 bits per heavy atom. The van der Waals surface area contributed by atoms with Crippen molar-refractivity contribution in [3.8, 4) is 11.4 Å². The highest BCUT2D eigenvalue weighted by Gasteiger charge is 2.32. The molecule has 5 nitrogen and oxygen atoms in total. The van der Waals surface area contributed by atoms with Gasteiger partial charge in [-0.25, -0.2) is 4.68 Å². The highest BCUT2D eigenvalue weighted by molar-refractivity contribution is 8.00. The molecule has 28 heavy (non-hydrogen) atoms. The highest BCUT2D eigenvalue weighted by atomic mass is 35.5. The van der Waals surface area contributed by atoms with Crippen LogP contribution in [0.4, 0.5) is 5.82 Å². The monoisotopic (exact) mass is 413 g/mol. The molecule has 1 atom stereocenters. The molecule has 0 saturated carbocycles. The Bertz CT molecular complexity index is 1020. The second-order valence-corrected chi connectivity index (χ2v) is 7.98. The minimum absolute atomic E-state index is 0.0437. The van der Waals surface area contributed by atoms with Crippen LogP contribution in [0.1, 0.15) is 29.0 Å². The number of hydrogen-bond donors (Lipinski definition) is 1. The summed E-state index contributed by atoms with van der Waals surface area (Å²) in [6.45, 7) is 4.53. The number of ether oxygens (including phenoxy) is 1. The fourth-order valence-electron chi connectivity index (χ4n) is 3.38. The summed E-state index contributed by atoms with van der Waals surface area (Å²) in [7, 11) is 0. The Hall–Kier alpha value is -2.44. The summed E-state index contributed by atoms with van der Waals surface area (Å²) in [6.07, 6.45) is 0. The van der Waals surface area contributed by atoms with Crippen molar-refractivity contribution in [2.24, 2.45) is 0 Å². The summed E-state index contributed by atoms with van der Waals surface area (Å²) < 4.78 is 7.64. The average Bonchev–Trinajstić information content (AvgIpc) is 2.89. The van der Waals surface area contributed by atoms with Crippen molar-refractivity contribution >= 4 is 35.1 Å². The molecule has 0 saturated heterocycles. The molecule has 0 bridgehead atoms. The lowest BCUT2D eigenvalue weighted by Crippen LogP contribution is -2.15.